The number of ether oxygens (including phenoxy) is 1. The number of nitrogens with two attached hydrogens (primary N) is 1. The summed E-state index contributed by atoms with van der Waals surface area (Å²) < 4.78 is 4.70. The standard InChI is InChI=1S/C19H26N4O3/c1-4-5-8-21-18-15(12(2)22-19(20)23-18)11-14-9-13(6-7-16(14)24)10-17(25)26-3/h6-7,9,24H,4-5,8,10-11H2,1-3H3,(H3,20,21,22,23). The van der Waals surface area contributed by atoms with E-state index in [1.807, 2.05) is 6.92 Å². The number of carbonyl (C=O) groups is 1. The lowest BCUT2D eigenvalue weighted by atomic mass is 10.00. The fourth-order valence-corrected chi connectivity index (χ4v) is 2.68. The van der Waals surface area contributed by atoms with Gasteiger partial charge in [-0.1, -0.05) is 25.5 Å². The second kappa shape index (κ2) is 9.03. The maximum absolute atomic E-state index is 11.5. The van der Waals surface area contributed by atoms with E-state index in [1.54, 1.807) is 18.2 Å². The Morgan fingerprint density at radius 3 is 2.81 bits per heavy atom. The van der Waals surface area contributed by atoms with Crippen molar-refractivity contribution in [2.45, 2.75) is 39.5 Å². The third-order valence-corrected chi connectivity index (χ3v) is 4.14. The number of nitrogens with one attached hydrogen (secondary N) is 1. The van der Waals surface area contributed by atoms with E-state index >= 15 is 0 Å². The van der Waals surface area contributed by atoms with Gasteiger partial charge < -0.3 is 20.9 Å². The number of rotatable bonds is 8. The molecule has 26 heavy (non-hydrogen) atoms. The van der Waals surface area contributed by atoms with E-state index in [1.165, 1.54) is 7.11 Å². The molecule has 0 atom stereocenters. The predicted molar refractivity (Wildman–Crippen MR) is 101 cm³/mol. The van der Waals surface area contributed by atoms with E-state index < -0.39 is 0 Å². The highest BCUT2D eigenvalue weighted by molar-refractivity contribution is 5.72. The van der Waals surface area contributed by atoms with Crippen LogP contribution in [0, 0.1) is 6.92 Å². The average Bonchev–Trinajstić information content (AvgIpc) is 2.60. The summed E-state index contributed by atoms with van der Waals surface area (Å²) in [4.78, 5) is 20.1. The van der Waals surface area contributed by atoms with Gasteiger partial charge in [-0.15, -0.1) is 0 Å². The van der Waals surface area contributed by atoms with Crippen molar-refractivity contribution in [3.63, 3.8) is 0 Å². The summed E-state index contributed by atoms with van der Waals surface area (Å²) in [6, 6.07) is 5.10. The van der Waals surface area contributed by atoms with Gasteiger partial charge in [-0.05, 0) is 30.5 Å². The summed E-state index contributed by atoms with van der Waals surface area (Å²) in [5.41, 5.74) is 8.89. The van der Waals surface area contributed by atoms with Crippen LogP contribution in [-0.4, -0.2) is 34.7 Å². The number of hydrogen-bond donors (Lipinski definition) is 3. The maximum atomic E-state index is 11.5. The van der Waals surface area contributed by atoms with Crippen molar-refractivity contribution < 1.29 is 14.6 Å². The van der Waals surface area contributed by atoms with E-state index in [0.29, 0.717) is 17.8 Å². The molecular formula is C19H26N4O3. The number of benzene rings is 1. The molecule has 0 saturated carbocycles. The zero-order valence-electron chi connectivity index (χ0n) is 15.5. The Bertz CT molecular complexity index is 778. The van der Waals surface area contributed by atoms with Crippen LogP contribution in [0.2, 0.25) is 0 Å². The molecule has 2 aromatic rings. The van der Waals surface area contributed by atoms with Gasteiger partial charge >= 0.3 is 5.97 Å². The van der Waals surface area contributed by atoms with Crippen molar-refractivity contribution in [3.8, 4) is 5.75 Å². The van der Waals surface area contributed by atoms with Crippen molar-refractivity contribution in [1.82, 2.24) is 9.97 Å². The molecule has 0 amide bonds. The molecule has 0 bridgehead atoms. The number of anilines is 2. The summed E-state index contributed by atoms with van der Waals surface area (Å²) in [5.74, 6) is 0.736. The molecule has 7 heteroatoms. The molecule has 0 fully saturated rings. The van der Waals surface area contributed by atoms with Crippen LogP contribution in [-0.2, 0) is 22.4 Å². The van der Waals surface area contributed by atoms with E-state index in [4.69, 9.17) is 10.5 Å². The molecule has 0 spiro atoms. The van der Waals surface area contributed by atoms with E-state index in [-0.39, 0.29) is 24.1 Å². The smallest absolute Gasteiger partial charge is 0.309 e. The molecule has 0 aliphatic rings. The van der Waals surface area contributed by atoms with Crippen LogP contribution in [0.1, 0.15) is 42.1 Å². The Kier molecular flexibility index (Phi) is 6.77. The van der Waals surface area contributed by atoms with Crippen molar-refractivity contribution in [3.05, 3.63) is 40.6 Å². The van der Waals surface area contributed by atoms with Crippen molar-refractivity contribution in [2.75, 3.05) is 24.7 Å². The highest BCUT2D eigenvalue weighted by Gasteiger charge is 2.14. The number of nitrogen functional groups attached to an aromatic ring is 1. The molecule has 1 aromatic heterocycles. The SMILES string of the molecule is CCCCNc1nc(N)nc(C)c1Cc1cc(CC(=O)OC)ccc1O. The Balaban J connectivity index is 2.32. The van der Waals surface area contributed by atoms with Crippen molar-refractivity contribution in [2.24, 2.45) is 0 Å². The second-order valence-corrected chi connectivity index (χ2v) is 6.17. The summed E-state index contributed by atoms with van der Waals surface area (Å²) in [5, 5.41) is 13.5. The van der Waals surface area contributed by atoms with Gasteiger partial charge in [0, 0.05) is 24.2 Å². The lowest BCUT2D eigenvalue weighted by Crippen LogP contribution is -2.11. The van der Waals surface area contributed by atoms with Gasteiger partial charge in [0.2, 0.25) is 5.95 Å². The van der Waals surface area contributed by atoms with Crippen molar-refractivity contribution >= 4 is 17.7 Å². The van der Waals surface area contributed by atoms with Gasteiger partial charge in [0.1, 0.15) is 11.6 Å². The fourth-order valence-electron chi connectivity index (χ4n) is 2.68. The lowest BCUT2D eigenvalue weighted by Gasteiger charge is -2.15. The summed E-state index contributed by atoms with van der Waals surface area (Å²) in [7, 11) is 1.35. The first-order valence-corrected chi connectivity index (χ1v) is 8.69. The molecule has 0 saturated heterocycles. The number of aryl methyl sites for hydroxylation is 1. The van der Waals surface area contributed by atoms with Crippen LogP contribution >= 0.6 is 0 Å². The zero-order chi connectivity index (χ0) is 19.1. The summed E-state index contributed by atoms with van der Waals surface area (Å²) >= 11 is 0. The number of aromatic nitrogens is 2. The number of unbranched alkanes of at least 4 members (excludes halogenated alkanes) is 1. The molecule has 0 unspecified atom stereocenters. The van der Waals surface area contributed by atoms with Crippen LogP contribution < -0.4 is 11.1 Å². The summed E-state index contributed by atoms with van der Waals surface area (Å²) in [6.45, 7) is 4.77. The predicted octanol–water partition coefficient (Wildman–Crippen LogP) is 2.59. The maximum Gasteiger partial charge on any atom is 0.309 e. The Hall–Kier alpha value is -2.83. The van der Waals surface area contributed by atoms with Gasteiger partial charge in [0.05, 0.1) is 13.5 Å². The fraction of sp³-hybridized carbons (Fsp3) is 0.421. The Labute approximate surface area is 153 Å². The van der Waals surface area contributed by atoms with Crippen LogP contribution in [0.25, 0.3) is 0 Å². The van der Waals surface area contributed by atoms with Gasteiger partial charge in [-0.2, -0.15) is 4.98 Å². The largest absolute Gasteiger partial charge is 0.508 e. The van der Waals surface area contributed by atoms with Gasteiger partial charge in [-0.25, -0.2) is 4.98 Å². The highest BCUT2D eigenvalue weighted by atomic mass is 16.5. The first kappa shape index (κ1) is 19.5. The number of phenolic OH excluding ortho intramolecular Hbond substituents is 1. The van der Waals surface area contributed by atoms with Gasteiger partial charge in [0.25, 0.3) is 0 Å². The first-order chi connectivity index (χ1) is 12.4. The minimum absolute atomic E-state index is 0.155. The molecule has 1 aromatic carbocycles. The van der Waals surface area contributed by atoms with Gasteiger partial charge in [0.15, 0.2) is 0 Å². The monoisotopic (exact) mass is 358 g/mol. The number of esters is 1. The molecule has 0 aliphatic heterocycles. The molecule has 7 nitrogen and oxygen atoms in total. The number of carbonyl (C=O) groups excluding carboxylic acids is 1. The minimum Gasteiger partial charge on any atom is -0.508 e. The highest BCUT2D eigenvalue weighted by Crippen LogP contribution is 2.27. The molecule has 2 rings (SSSR count). The van der Waals surface area contributed by atoms with E-state index in [9.17, 15) is 9.90 Å². The number of hydrogen-bond acceptors (Lipinski definition) is 7. The zero-order valence-corrected chi connectivity index (χ0v) is 15.5. The number of aromatic hydroxyl groups is 1. The second-order valence-electron chi connectivity index (χ2n) is 6.17. The van der Waals surface area contributed by atoms with E-state index in [2.05, 4.69) is 22.2 Å². The van der Waals surface area contributed by atoms with Crippen LogP contribution in [0.5, 0.6) is 5.75 Å². The molecular weight excluding hydrogens is 332 g/mol. The van der Waals surface area contributed by atoms with Crippen LogP contribution in [0.3, 0.4) is 0 Å². The van der Waals surface area contributed by atoms with E-state index in [0.717, 1.165) is 36.2 Å². The number of methoxy groups -OCH3 is 1. The Morgan fingerprint density at radius 2 is 2.12 bits per heavy atom. The van der Waals surface area contributed by atoms with Crippen LogP contribution in [0.4, 0.5) is 11.8 Å². The first-order valence-electron chi connectivity index (χ1n) is 8.69. The molecule has 140 valence electrons. The molecule has 1 heterocycles. The normalized spacial score (nSPS) is 10.6. The summed E-state index contributed by atoms with van der Waals surface area (Å²) in [6.07, 6.45) is 2.67. The average molecular weight is 358 g/mol. The van der Waals surface area contributed by atoms with Gasteiger partial charge in [-0.3, -0.25) is 4.79 Å². The van der Waals surface area contributed by atoms with Crippen LogP contribution in [0.15, 0.2) is 18.2 Å². The van der Waals surface area contributed by atoms with Crippen molar-refractivity contribution in [1.29, 1.82) is 0 Å². The third kappa shape index (κ3) is 5.08. The number of phenols is 1. The minimum atomic E-state index is -0.324. The topological polar surface area (TPSA) is 110 Å². The molecule has 0 radical (unpaired) electrons. The third-order valence-electron chi connectivity index (χ3n) is 4.14. The Morgan fingerprint density at radius 1 is 1.35 bits per heavy atom. The number of nitrogens with zero attached hydrogens (tertiary/aromatic N) is 2. The lowest BCUT2D eigenvalue weighted by molar-refractivity contribution is -0.139. The molecule has 0 aliphatic carbocycles. The molecule has 4 N–H and O–H groups in total. The quantitative estimate of drug-likeness (QED) is 0.491.